The summed E-state index contributed by atoms with van der Waals surface area (Å²) < 4.78 is 50.7. The number of alkyl halides is 3. The molecule has 0 radical (unpaired) electrons. The number of halogens is 4. The molecule has 0 aromatic heterocycles. The quantitative estimate of drug-likeness (QED) is 0.833. The first-order valence-corrected chi connectivity index (χ1v) is 8.84. The van der Waals surface area contributed by atoms with Gasteiger partial charge in [-0.25, -0.2) is 4.39 Å². The minimum Gasteiger partial charge on any atom is -0.310 e. The maximum atomic E-state index is 13.5. The fourth-order valence-electron chi connectivity index (χ4n) is 3.36. The molecule has 2 aliphatic heterocycles. The second kappa shape index (κ2) is 6.99. The molecule has 0 spiro atoms. The molecule has 0 saturated carbocycles. The molecule has 3 rings (SSSR count). The molecule has 0 aliphatic carbocycles. The van der Waals surface area contributed by atoms with E-state index < -0.39 is 12.7 Å². The van der Waals surface area contributed by atoms with Crippen molar-refractivity contribution in [1.29, 1.82) is 0 Å². The van der Waals surface area contributed by atoms with Gasteiger partial charge in [0.1, 0.15) is 5.82 Å². The Morgan fingerprint density at radius 1 is 1.26 bits per heavy atom. The zero-order valence-electron chi connectivity index (χ0n) is 12.7. The third-order valence-electron chi connectivity index (χ3n) is 4.44. The van der Waals surface area contributed by atoms with Crippen molar-refractivity contribution in [3.05, 3.63) is 29.6 Å². The van der Waals surface area contributed by atoms with Crippen molar-refractivity contribution in [1.82, 2.24) is 10.2 Å². The molecule has 1 aromatic rings. The van der Waals surface area contributed by atoms with Crippen molar-refractivity contribution >= 4 is 11.8 Å². The average Bonchev–Trinajstić information content (AvgIpc) is 2.90. The number of thioether (sulfide) groups is 1. The SMILES string of the molecule is Fc1ccc2c(c1)[C@H](NC[C@@H]1CCN(CC(F)(F)F)C1)CCS2. The number of nitrogens with one attached hydrogen (secondary N) is 1. The summed E-state index contributed by atoms with van der Waals surface area (Å²) in [5.41, 5.74) is 0.978. The summed E-state index contributed by atoms with van der Waals surface area (Å²) in [6, 6.07) is 4.95. The first kappa shape index (κ1) is 17.0. The molecular weight excluding hydrogens is 328 g/mol. The van der Waals surface area contributed by atoms with Gasteiger partial charge in [0, 0.05) is 17.5 Å². The zero-order chi connectivity index (χ0) is 16.4. The van der Waals surface area contributed by atoms with Crippen LogP contribution < -0.4 is 5.32 Å². The van der Waals surface area contributed by atoms with E-state index in [9.17, 15) is 17.6 Å². The Kier molecular flexibility index (Phi) is 5.18. The number of likely N-dealkylation sites (tertiary alicyclic amines) is 1. The molecule has 0 amide bonds. The summed E-state index contributed by atoms with van der Waals surface area (Å²) in [5.74, 6) is 0.959. The van der Waals surface area contributed by atoms with Gasteiger partial charge in [0.05, 0.1) is 6.54 Å². The van der Waals surface area contributed by atoms with E-state index in [0.717, 1.165) is 29.1 Å². The largest absolute Gasteiger partial charge is 0.401 e. The standard InChI is InChI=1S/C16H20F4N2S/c17-12-1-2-15-13(7-12)14(4-6-23-15)21-8-11-3-5-22(9-11)10-16(18,19)20/h1-2,7,11,14,21H,3-6,8-10H2/t11-,14+/m0/s1. The lowest BCUT2D eigenvalue weighted by Crippen LogP contribution is -2.34. The average molecular weight is 348 g/mol. The van der Waals surface area contributed by atoms with E-state index in [0.29, 0.717) is 19.6 Å². The monoisotopic (exact) mass is 348 g/mol. The number of nitrogens with zero attached hydrogens (tertiary/aromatic N) is 1. The highest BCUT2D eigenvalue weighted by Crippen LogP contribution is 2.36. The highest BCUT2D eigenvalue weighted by molar-refractivity contribution is 7.99. The van der Waals surface area contributed by atoms with Crippen molar-refractivity contribution in [2.75, 3.05) is 31.9 Å². The van der Waals surface area contributed by atoms with Crippen molar-refractivity contribution in [2.24, 2.45) is 5.92 Å². The molecule has 128 valence electrons. The molecular formula is C16H20F4N2S. The van der Waals surface area contributed by atoms with Crippen molar-refractivity contribution < 1.29 is 17.6 Å². The van der Waals surface area contributed by atoms with E-state index in [2.05, 4.69) is 5.32 Å². The maximum Gasteiger partial charge on any atom is 0.401 e. The van der Waals surface area contributed by atoms with Gasteiger partial charge in [-0.1, -0.05) is 0 Å². The second-order valence-electron chi connectivity index (χ2n) is 6.29. The molecule has 23 heavy (non-hydrogen) atoms. The highest BCUT2D eigenvalue weighted by Gasteiger charge is 2.34. The highest BCUT2D eigenvalue weighted by atomic mass is 32.2. The molecule has 0 unspecified atom stereocenters. The van der Waals surface area contributed by atoms with Gasteiger partial charge in [0.25, 0.3) is 0 Å². The minimum absolute atomic E-state index is 0.0959. The van der Waals surface area contributed by atoms with Gasteiger partial charge in [0.2, 0.25) is 0 Å². The van der Waals surface area contributed by atoms with Gasteiger partial charge in [0.15, 0.2) is 0 Å². The Bertz CT molecular complexity index is 549. The lowest BCUT2D eigenvalue weighted by Gasteiger charge is -2.27. The molecule has 1 aromatic carbocycles. The van der Waals surface area contributed by atoms with E-state index in [1.54, 1.807) is 17.8 Å². The van der Waals surface area contributed by atoms with Crippen LogP contribution in [0.2, 0.25) is 0 Å². The van der Waals surface area contributed by atoms with E-state index in [-0.39, 0.29) is 17.8 Å². The van der Waals surface area contributed by atoms with Gasteiger partial charge < -0.3 is 5.32 Å². The van der Waals surface area contributed by atoms with Crippen LogP contribution >= 0.6 is 11.8 Å². The molecule has 2 atom stereocenters. The van der Waals surface area contributed by atoms with Crippen molar-refractivity contribution in [3.63, 3.8) is 0 Å². The van der Waals surface area contributed by atoms with Crippen LogP contribution in [-0.2, 0) is 0 Å². The van der Waals surface area contributed by atoms with Crippen LogP contribution in [0.3, 0.4) is 0 Å². The zero-order valence-corrected chi connectivity index (χ0v) is 13.5. The molecule has 2 aliphatic rings. The van der Waals surface area contributed by atoms with Crippen LogP contribution in [0.1, 0.15) is 24.4 Å². The Labute approximate surface area is 137 Å². The molecule has 1 N–H and O–H groups in total. The van der Waals surface area contributed by atoms with Crippen molar-refractivity contribution in [2.45, 2.75) is 30.0 Å². The Morgan fingerprint density at radius 3 is 2.87 bits per heavy atom. The van der Waals surface area contributed by atoms with Crippen molar-refractivity contribution in [3.8, 4) is 0 Å². The molecule has 1 fully saturated rings. The number of rotatable bonds is 4. The van der Waals surface area contributed by atoms with Gasteiger partial charge in [-0.05, 0) is 61.4 Å². The molecule has 2 heterocycles. The third-order valence-corrected chi connectivity index (χ3v) is 5.56. The van der Waals surface area contributed by atoms with Gasteiger partial charge in [-0.2, -0.15) is 13.2 Å². The first-order chi connectivity index (χ1) is 10.9. The summed E-state index contributed by atoms with van der Waals surface area (Å²) in [4.78, 5) is 2.57. The number of hydrogen-bond acceptors (Lipinski definition) is 3. The second-order valence-corrected chi connectivity index (χ2v) is 7.42. The van der Waals surface area contributed by atoms with Crippen LogP contribution in [0.25, 0.3) is 0 Å². The topological polar surface area (TPSA) is 15.3 Å². The smallest absolute Gasteiger partial charge is 0.310 e. The van der Waals surface area contributed by atoms with Gasteiger partial charge >= 0.3 is 6.18 Å². The molecule has 0 bridgehead atoms. The lowest BCUT2D eigenvalue weighted by atomic mass is 10.0. The van der Waals surface area contributed by atoms with E-state index in [1.165, 1.54) is 11.0 Å². The van der Waals surface area contributed by atoms with E-state index >= 15 is 0 Å². The minimum atomic E-state index is -4.13. The fourth-order valence-corrected chi connectivity index (χ4v) is 4.47. The summed E-state index contributed by atoms with van der Waals surface area (Å²) in [5, 5.41) is 3.44. The first-order valence-electron chi connectivity index (χ1n) is 7.85. The van der Waals surface area contributed by atoms with Crippen LogP contribution in [0.5, 0.6) is 0 Å². The maximum absolute atomic E-state index is 13.5. The van der Waals surface area contributed by atoms with Crippen LogP contribution in [0, 0.1) is 11.7 Å². The number of benzene rings is 1. The third kappa shape index (κ3) is 4.61. The summed E-state index contributed by atoms with van der Waals surface area (Å²) in [6.07, 6.45) is -2.43. The van der Waals surface area contributed by atoms with Crippen LogP contribution in [0.4, 0.5) is 17.6 Å². The summed E-state index contributed by atoms with van der Waals surface area (Å²) in [7, 11) is 0. The van der Waals surface area contributed by atoms with Crippen LogP contribution in [-0.4, -0.2) is 43.0 Å². The van der Waals surface area contributed by atoms with Crippen LogP contribution in [0.15, 0.2) is 23.1 Å². The Hall–Kier alpha value is -0.790. The lowest BCUT2D eigenvalue weighted by molar-refractivity contribution is -0.143. The van der Waals surface area contributed by atoms with Gasteiger partial charge in [-0.15, -0.1) is 11.8 Å². The Balaban J connectivity index is 1.53. The van der Waals surface area contributed by atoms with Gasteiger partial charge in [-0.3, -0.25) is 4.90 Å². The summed E-state index contributed by atoms with van der Waals surface area (Å²) in [6.45, 7) is 0.832. The molecule has 1 saturated heterocycles. The normalized spacial score (nSPS) is 25.6. The Morgan fingerprint density at radius 2 is 2.09 bits per heavy atom. The van der Waals surface area contributed by atoms with E-state index in [1.807, 2.05) is 6.07 Å². The molecule has 7 heteroatoms. The fraction of sp³-hybridized carbons (Fsp3) is 0.625. The summed E-state index contributed by atoms with van der Waals surface area (Å²) >= 11 is 1.73. The predicted octanol–water partition coefficient (Wildman–Crippen LogP) is 3.84. The number of fused-ring (bicyclic) bond motifs is 1. The predicted molar refractivity (Wildman–Crippen MR) is 83.1 cm³/mol. The number of hydrogen-bond donors (Lipinski definition) is 1. The van der Waals surface area contributed by atoms with E-state index in [4.69, 9.17) is 0 Å². The molecule has 2 nitrogen and oxygen atoms in total.